The van der Waals surface area contributed by atoms with Crippen LogP contribution >= 0.6 is 11.6 Å². The number of carbonyl (C=O) groups excluding carboxylic acids is 1. The van der Waals surface area contributed by atoms with E-state index in [4.69, 9.17) is 11.6 Å². The maximum Gasteiger partial charge on any atom is 0.258 e. The van der Waals surface area contributed by atoms with Gasteiger partial charge in [0, 0.05) is 24.6 Å². The van der Waals surface area contributed by atoms with Gasteiger partial charge in [0.1, 0.15) is 5.82 Å². The Morgan fingerprint density at radius 3 is 2.62 bits per heavy atom. The molecule has 1 amide bonds. The molecule has 0 bridgehead atoms. The number of aryl methyl sites for hydroxylation is 1. The van der Waals surface area contributed by atoms with Crippen LogP contribution in [0.4, 0.5) is 16.0 Å². The third-order valence-electron chi connectivity index (χ3n) is 3.62. The van der Waals surface area contributed by atoms with E-state index < -0.39 is 11.7 Å². The largest absolute Gasteiger partial charge is 0.350 e. The molecule has 5 nitrogen and oxygen atoms in total. The average molecular weight is 371 g/mol. The number of benzene rings is 2. The number of nitrogens with one attached hydrogen (secondary N) is 2. The number of aromatic nitrogens is 2. The molecule has 2 N–H and O–H groups in total. The molecule has 1 heterocycles. The number of hydrogen-bond acceptors (Lipinski definition) is 4. The summed E-state index contributed by atoms with van der Waals surface area (Å²) >= 11 is 5.70. The Bertz CT molecular complexity index is 931. The molecule has 7 heteroatoms. The maximum atomic E-state index is 13.1. The molecule has 0 unspecified atom stereocenters. The van der Waals surface area contributed by atoms with Crippen LogP contribution in [0.5, 0.6) is 0 Å². The van der Waals surface area contributed by atoms with Gasteiger partial charge in [-0.25, -0.2) is 14.4 Å². The van der Waals surface area contributed by atoms with Crippen LogP contribution in [0.2, 0.25) is 5.02 Å². The van der Waals surface area contributed by atoms with Crippen molar-refractivity contribution in [3.63, 3.8) is 0 Å². The molecular weight excluding hydrogens is 355 g/mol. The van der Waals surface area contributed by atoms with Gasteiger partial charge in [0.25, 0.3) is 5.91 Å². The van der Waals surface area contributed by atoms with Gasteiger partial charge in [0.2, 0.25) is 5.95 Å². The number of carbonyl (C=O) groups is 1. The zero-order valence-electron chi connectivity index (χ0n) is 14.0. The molecule has 2 aromatic carbocycles. The number of amides is 1. The lowest BCUT2D eigenvalue weighted by Gasteiger charge is -2.08. The lowest BCUT2D eigenvalue weighted by Crippen LogP contribution is -2.13. The summed E-state index contributed by atoms with van der Waals surface area (Å²) in [6.45, 7) is 2.61. The Hall–Kier alpha value is -2.99. The highest BCUT2D eigenvalue weighted by atomic mass is 35.5. The van der Waals surface area contributed by atoms with Gasteiger partial charge in [0.05, 0.1) is 10.6 Å². The minimum atomic E-state index is -0.544. The first-order valence-corrected chi connectivity index (χ1v) is 8.27. The van der Waals surface area contributed by atoms with E-state index in [9.17, 15) is 9.18 Å². The van der Waals surface area contributed by atoms with Crippen LogP contribution in [0.1, 0.15) is 21.5 Å². The second kappa shape index (κ2) is 7.93. The standard InChI is InChI=1S/C19H16ClFN4O/c1-12-3-2-4-13(7-12)9-22-19-23-10-14(11-24-19)18(26)25-15-5-6-17(21)16(20)8-15/h2-8,10-11H,9H2,1H3,(H,25,26)(H,22,23,24). The first kappa shape index (κ1) is 17.8. The molecule has 0 saturated heterocycles. The number of rotatable bonds is 5. The molecule has 26 heavy (non-hydrogen) atoms. The van der Waals surface area contributed by atoms with Crippen LogP contribution in [-0.4, -0.2) is 15.9 Å². The maximum absolute atomic E-state index is 13.1. The predicted octanol–water partition coefficient (Wildman–Crippen LogP) is 4.44. The van der Waals surface area contributed by atoms with Crippen LogP contribution < -0.4 is 10.6 Å². The minimum absolute atomic E-state index is 0.0604. The van der Waals surface area contributed by atoms with E-state index in [1.54, 1.807) is 0 Å². The van der Waals surface area contributed by atoms with Crippen LogP contribution in [-0.2, 0) is 6.54 Å². The van der Waals surface area contributed by atoms with E-state index in [2.05, 4.69) is 26.7 Å². The van der Waals surface area contributed by atoms with E-state index in [-0.39, 0.29) is 10.6 Å². The van der Waals surface area contributed by atoms with Gasteiger partial charge >= 0.3 is 0 Å². The van der Waals surface area contributed by atoms with Crippen molar-refractivity contribution >= 4 is 29.1 Å². The Kier molecular flexibility index (Phi) is 5.43. The molecule has 1 aromatic heterocycles. The van der Waals surface area contributed by atoms with Gasteiger partial charge in [-0.15, -0.1) is 0 Å². The third-order valence-corrected chi connectivity index (χ3v) is 3.91. The zero-order chi connectivity index (χ0) is 18.5. The number of nitrogens with zero attached hydrogens (tertiary/aromatic N) is 2. The van der Waals surface area contributed by atoms with Gasteiger partial charge in [-0.2, -0.15) is 0 Å². The summed E-state index contributed by atoms with van der Waals surface area (Å²) in [6, 6.07) is 12.1. The summed E-state index contributed by atoms with van der Waals surface area (Å²) in [6.07, 6.45) is 2.85. The quantitative estimate of drug-likeness (QED) is 0.696. The second-order valence-corrected chi connectivity index (χ2v) is 6.13. The van der Waals surface area contributed by atoms with Crippen LogP contribution in [0.3, 0.4) is 0 Å². The van der Waals surface area contributed by atoms with Crippen molar-refractivity contribution in [3.8, 4) is 0 Å². The van der Waals surface area contributed by atoms with Crippen molar-refractivity contribution in [1.82, 2.24) is 9.97 Å². The lowest BCUT2D eigenvalue weighted by molar-refractivity contribution is 0.102. The molecule has 3 rings (SSSR count). The van der Waals surface area contributed by atoms with Gasteiger partial charge in [0.15, 0.2) is 0 Å². The van der Waals surface area contributed by atoms with E-state index >= 15 is 0 Å². The summed E-state index contributed by atoms with van der Waals surface area (Å²) < 4.78 is 13.1. The van der Waals surface area contributed by atoms with E-state index in [0.717, 1.165) is 5.56 Å². The van der Waals surface area contributed by atoms with E-state index in [1.807, 2.05) is 25.1 Å². The molecule has 132 valence electrons. The zero-order valence-corrected chi connectivity index (χ0v) is 14.7. The Labute approximate surface area is 155 Å². The van der Waals surface area contributed by atoms with Crippen molar-refractivity contribution < 1.29 is 9.18 Å². The second-order valence-electron chi connectivity index (χ2n) is 5.72. The molecule has 3 aromatic rings. The van der Waals surface area contributed by atoms with Crippen molar-refractivity contribution in [2.75, 3.05) is 10.6 Å². The highest BCUT2D eigenvalue weighted by Crippen LogP contribution is 2.19. The molecule has 0 spiro atoms. The SMILES string of the molecule is Cc1cccc(CNc2ncc(C(=O)Nc3ccc(F)c(Cl)c3)cn2)c1. The summed E-state index contributed by atoms with van der Waals surface area (Å²) in [5.41, 5.74) is 2.97. The topological polar surface area (TPSA) is 66.9 Å². The molecule has 0 aliphatic heterocycles. The summed E-state index contributed by atoms with van der Waals surface area (Å²) in [5.74, 6) is -0.525. The predicted molar refractivity (Wildman–Crippen MR) is 99.9 cm³/mol. The monoisotopic (exact) mass is 370 g/mol. The van der Waals surface area contributed by atoms with Crippen molar-refractivity contribution in [2.45, 2.75) is 13.5 Å². The lowest BCUT2D eigenvalue weighted by atomic mass is 10.1. The molecule has 0 fully saturated rings. The fourth-order valence-electron chi connectivity index (χ4n) is 2.32. The third kappa shape index (κ3) is 4.55. The fourth-order valence-corrected chi connectivity index (χ4v) is 2.50. The first-order valence-electron chi connectivity index (χ1n) is 7.89. The number of halogens is 2. The van der Waals surface area contributed by atoms with E-state index in [1.165, 1.54) is 36.2 Å². The van der Waals surface area contributed by atoms with Gasteiger partial charge in [-0.3, -0.25) is 4.79 Å². The Morgan fingerprint density at radius 1 is 1.15 bits per heavy atom. The molecule has 0 radical (unpaired) electrons. The summed E-state index contributed by atoms with van der Waals surface area (Å²) in [7, 11) is 0. The smallest absolute Gasteiger partial charge is 0.258 e. The number of anilines is 2. The van der Waals surface area contributed by atoms with Crippen molar-refractivity contribution in [3.05, 3.63) is 82.4 Å². The first-order chi connectivity index (χ1) is 12.5. The molecule has 0 atom stereocenters. The Balaban J connectivity index is 1.61. The van der Waals surface area contributed by atoms with Crippen LogP contribution in [0.25, 0.3) is 0 Å². The highest BCUT2D eigenvalue weighted by Gasteiger charge is 2.09. The molecular formula is C19H16ClFN4O. The van der Waals surface area contributed by atoms with Crippen LogP contribution in [0.15, 0.2) is 54.9 Å². The molecule has 0 saturated carbocycles. The van der Waals surface area contributed by atoms with Crippen LogP contribution in [0, 0.1) is 12.7 Å². The van der Waals surface area contributed by atoms with Gasteiger partial charge < -0.3 is 10.6 Å². The van der Waals surface area contributed by atoms with Gasteiger partial charge in [-0.05, 0) is 30.7 Å². The minimum Gasteiger partial charge on any atom is -0.350 e. The normalized spacial score (nSPS) is 10.4. The van der Waals surface area contributed by atoms with Crippen molar-refractivity contribution in [2.24, 2.45) is 0 Å². The van der Waals surface area contributed by atoms with Crippen molar-refractivity contribution in [1.29, 1.82) is 0 Å². The summed E-state index contributed by atoms with van der Waals surface area (Å²) in [4.78, 5) is 20.5. The number of hydrogen-bond donors (Lipinski definition) is 2. The Morgan fingerprint density at radius 2 is 1.92 bits per heavy atom. The van der Waals surface area contributed by atoms with E-state index in [0.29, 0.717) is 18.2 Å². The highest BCUT2D eigenvalue weighted by molar-refractivity contribution is 6.31. The van der Waals surface area contributed by atoms with Gasteiger partial charge in [-0.1, -0.05) is 41.4 Å². The summed E-state index contributed by atoms with van der Waals surface area (Å²) in [5, 5.41) is 5.66. The molecule has 0 aliphatic rings. The molecule has 0 aliphatic carbocycles. The fraction of sp³-hybridized carbons (Fsp3) is 0.105. The average Bonchev–Trinajstić information content (AvgIpc) is 2.63.